The molecule has 20 heteroatoms. The summed E-state index contributed by atoms with van der Waals surface area (Å²) in [6.07, 6.45) is -2.21. The van der Waals surface area contributed by atoms with E-state index in [9.17, 15) is 24.8 Å². The summed E-state index contributed by atoms with van der Waals surface area (Å²) in [5, 5.41) is 21.3. The van der Waals surface area contributed by atoms with Gasteiger partial charge in [-0.05, 0) is 100.0 Å². The smallest absolute Gasteiger partial charge is 0.421 e. The highest BCUT2D eigenvalue weighted by atomic mass is 16.6. The first-order valence-corrected chi connectivity index (χ1v) is 26.3. The fourth-order valence-corrected chi connectivity index (χ4v) is 11.8. The van der Waals surface area contributed by atoms with Crippen LogP contribution in [-0.2, 0) is 67.9 Å². The maximum absolute atomic E-state index is 17.0. The minimum Gasteiger partial charge on any atom is -0.493 e. The van der Waals surface area contributed by atoms with E-state index in [1.54, 1.807) is 41.3 Å². The summed E-state index contributed by atoms with van der Waals surface area (Å²) in [6, 6.07) is 34.8. The van der Waals surface area contributed by atoms with Crippen molar-refractivity contribution in [3.05, 3.63) is 194 Å². The fraction of sp³-hybridized carbons (Fsp3) is 0.290. The normalized spacial score (nSPS) is 20.6. The number of anilines is 1. The lowest BCUT2D eigenvalue weighted by atomic mass is 9.64. The predicted molar refractivity (Wildman–Crippen MR) is 292 cm³/mol. The Balaban J connectivity index is 1.24. The van der Waals surface area contributed by atoms with Crippen LogP contribution in [0.4, 0.5) is 16.2 Å². The average molecular weight is 1110 g/mol. The van der Waals surface area contributed by atoms with Crippen LogP contribution < -0.4 is 19.1 Å². The molecule has 6 aromatic rings. The molecule has 82 heavy (non-hydrogen) atoms. The topological polar surface area (TPSA) is 240 Å². The molecule has 2 fully saturated rings. The molecule has 0 aliphatic carbocycles. The summed E-state index contributed by atoms with van der Waals surface area (Å²) in [5.74, 6) is -0.0725. The average Bonchev–Trinajstić information content (AvgIpc) is 1.99. The van der Waals surface area contributed by atoms with E-state index in [0.29, 0.717) is 45.9 Å². The van der Waals surface area contributed by atoms with E-state index in [1.165, 1.54) is 50.6 Å². The third kappa shape index (κ3) is 10.1. The van der Waals surface area contributed by atoms with Crippen LogP contribution in [0.1, 0.15) is 69.1 Å². The number of morpholine rings is 1. The van der Waals surface area contributed by atoms with E-state index in [4.69, 9.17) is 33.2 Å². The van der Waals surface area contributed by atoms with Crippen LogP contribution in [-0.4, -0.2) is 110 Å². The van der Waals surface area contributed by atoms with E-state index in [0.717, 1.165) is 30.2 Å². The number of methoxy groups -OCH3 is 4. The van der Waals surface area contributed by atoms with E-state index < -0.39 is 88.8 Å². The molecule has 0 radical (unpaired) electrons. The second-order valence-corrected chi connectivity index (χ2v) is 19.8. The largest absolute Gasteiger partial charge is 0.493 e. The van der Waals surface area contributed by atoms with Gasteiger partial charge in [-0.25, -0.2) is 9.69 Å². The summed E-state index contributed by atoms with van der Waals surface area (Å²) in [5.41, 5.74) is 1.50. The number of imide groups is 1. The Morgan fingerprint density at radius 2 is 1.43 bits per heavy atom. The maximum Gasteiger partial charge on any atom is 0.421 e. The van der Waals surface area contributed by atoms with Gasteiger partial charge in [0.15, 0.2) is 17.4 Å². The highest BCUT2D eigenvalue weighted by Crippen LogP contribution is 2.66. The number of rotatable bonds is 15. The van der Waals surface area contributed by atoms with Gasteiger partial charge in [-0.2, -0.15) is 0 Å². The minimum atomic E-state index is -2.26. The first kappa shape index (κ1) is 55.7. The molecular formula is C62H56N4O16. The molecule has 4 aliphatic heterocycles. The number of cyclic esters (lactones) is 1. The molecule has 4 aliphatic rings. The number of amides is 3. The Morgan fingerprint density at radius 3 is 2.05 bits per heavy atom. The molecule has 2 saturated heterocycles. The molecule has 420 valence electrons. The number of aliphatic hydroxyl groups excluding tert-OH is 1. The van der Waals surface area contributed by atoms with E-state index >= 15 is 19.2 Å². The maximum atomic E-state index is 17.0. The number of hydrogen-bond acceptors (Lipinski definition) is 17. The van der Waals surface area contributed by atoms with Crippen LogP contribution in [0.15, 0.2) is 140 Å². The lowest BCUT2D eigenvalue weighted by Gasteiger charge is -2.46. The van der Waals surface area contributed by atoms with E-state index in [1.807, 2.05) is 71.6 Å². The number of hydrogen-bond donors (Lipinski definition) is 1. The molecule has 6 atom stereocenters. The van der Waals surface area contributed by atoms with Crippen LogP contribution >= 0.6 is 0 Å². The Hall–Kier alpha value is -9.58. The summed E-state index contributed by atoms with van der Waals surface area (Å²) in [4.78, 5) is 105. The molecule has 1 spiro atoms. The van der Waals surface area contributed by atoms with Gasteiger partial charge in [0.2, 0.25) is 11.8 Å². The number of nitrogens with zero attached hydrogens (tertiary/aromatic N) is 4. The third-order valence-electron chi connectivity index (χ3n) is 15.5. The number of nitro benzene ring substituents is 1. The van der Waals surface area contributed by atoms with Crippen molar-refractivity contribution in [3.8, 4) is 29.1 Å². The molecule has 0 aromatic heterocycles. The Bertz CT molecular complexity index is 3500. The van der Waals surface area contributed by atoms with Crippen LogP contribution in [0.5, 0.6) is 17.2 Å². The fourth-order valence-electron chi connectivity index (χ4n) is 11.8. The van der Waals surface area contributed by atoms with E-state index in [2.05, 4.69) is 11.8 Å². The van der Waals surface area contributed by atoms with Gasteiger partial charge < -0.3 is 43.2 Å². The van der Waals surface area contributed by atoms with Crippen molar-refractivity contribution in [2.45, 2.75) is 55.6 Å². The minimum absolute atomic E-state index is 0.00823. The van der Waals surface area contributed by atoms with Gasteiger partial charge in [-0.15, -0.1) is 0 Å². The van der Waals surface area contributed by atoms with Crippen molar-refractivity contribution >= 4 is 47.2 Å². The van der Waals surface area contributed by atoms with Crippen molar-refractivity contribution in [2.24, 2.45) is 11.8 Å². The van der Waals surface area contributed by atoms with Crippen molar-refractivity contribution in [3.63, 3.8) is 0 Å². The first-order valence-electron chi connectivity index (χ1n) is 26.3. The summed E-state index contributed by atoms with van der Waals surface area (Å²) >= 11 is 0. The van der Waals surface area contributed by atoms with Gasteiger partial charge in [-0.1, -0.05) is 84.6 Å². The van der Waals surface area contributed by atoms with Crippen LogP contribution in [0.25, 0.3) is 0 Å². The second kappa shape index (κ2) is 23.6. The Morgan fingerprint density at radius 1 is 0.780 bits per heavy atom. The molecular weight excluding hydrogens is 1060 g/mol. The van der Waals surface area contributed by atoms with Gasteiger partial charge in [0.05, 0.1) is 63.7 Å². The SMILES string of the molecule is COC(=O)C(CC#Cc1ccc2c(c1)C1(C(=O)N2C(=O)OCc2ccc([N+](=O)[O-])cc2)C(C(=O)N2CCc3cc(OC)c(OC)cc3C2)C2C(=O)OC(c3ccccc3)C(c3ccccc3)N2C1c1ccc(OCCO)cc1)C(=O)OC. The van der Waals surface area contributed by atoms with Crippen LogP contribution in [0.3, 0.4) is 0 Å². The number of esters is 3. The number of nitro groups is 1. The second-order valence-electron chi connectivity index (χ2n) is 19.8. The molecule has 0 bridgehead atoms. The number of benzene rings is 6. The van der Waals surface area contributed by atoms with Gasteiger partial charge in [0.1, 0.15) is 36.5 Å². The molecule has 6 aromatic carbocycles. The molecule has 0 saturated carbocycles. The zero-order valence-corrected chi connectivity index (χ0v) is 45.1. The molecule has 1 N–H and O–H groups in total. The zero-order chi connectivity index (χ0) is 57.8. The molecule has 4 heterocycles. The Kier molecular flexibility index (Phi) is 16.1. The number of carbonyl (C=O) groups excluding carboxylic acids is 6. The Labute approximate surface area is 471 Å². The monoisotopic (exact) mass is 1110 g/mol. The lowest BCUT2D eigenvalue weighted by Crippen LogP contribution is -2.57. The molecule has 20 nitrogen and oxygen atoms in total. The van der Waals surface area contributed by atoms with Gasteiger partial charge in [0, 0.05) is 37.2 Å². The van der Waals surface area contributed by atoms with Gasteiger partial charge in [0.25, 0.3) is 5.69 Å². The quantitative estimate of drug-likeness (QED) is 0.0265. The predicted octanol–water partition coefficient (Wildman–Crippen LogP) is 7.27. The number of ether oxygens (including phenoxy) is 7. The van der Waals surface area contributed by atoms with Crippen LogP contribution in [0, 0.1) is 33.8 Å². The summed E-state index contributed by atoms with van der Waals surface area (Å²) in [6.45, 7) is -0.626. The van der Waals surface area contributed by atoms with E-state index in [-0.39, 0.29) is 55.2 Å². The highest BCUT2D eigenvalue weighted by molar-refractivity contribution is 6.23. The summed E-state index contributed by atoms with van der Waals surface area (Å²) in [7, 11) is 5.28. The number of non-ortho nitro benzene ring substituents is 1. The van der Waals surface area contributed by atoms with Crippen molar-refractivity contribution < 1.29 is 72.0 Å². The summed E-state index contributed by atoms with van der Waals surface area (Å²) < 4.78 is 39.5. The standard InChI is InChI=1S/C62H56N4O16/c1-76-49-33-42-28-29-63(35-43(42)34-50(49)77-2)56(68)51-53-59(71)82-54(40-15-9-6-10-16-40)52(39-13-7-5-8-14-39)65(53)55(41-21-25-45(26-22-41)80-31-30-67)62(51)47-32-37(12-11-17-46(57(69)78-3)58(70)79-4)20-27-48(47)64(60(62)72)61(73)81-36-38-18-23-44(24-19-38)66(74)75/h5-10,13-16,18-27,32-34,46,51-55,67H,17,28-31,35-36H2,1-4H3. The van der Waals surface area contributed by atoms with Gasteiger partial charge >= 0.3 is 24.0 Å². The van der Waals surface area contributed by atoms with Gasteiger partial charge in [-0.3, -0.25) is 39.0 Å². The van der Waals surface area contributed by atoms with Crippen molar-refractivity contribution in [1.82, 2.24) is 9.80 Å². The lowest BCUT2D eigenvalue weighted by molar-refractivity contribution is -0.384. The molecule has 6 unspecified atom stereocenters. The third-order valence-corrected chi connectivity index (χ3v) is 15.5. The van der Waals surface area contributed by atoms with Crippen molar-refractivity contribution in [1.29, 1.82) is 0 Å². The highest BCUT2D eigenvalue weighted by Gasteiger charge is 2.76. The molecule has 3 amide bonds. The molecule has 10 rings (SSSR count). The number of fused-ring (bicyclic) bond motifs is 4. The number of aliphatic hydroxyl groups is 1. The zero-order valence-electron chi connectivity index (χ0n) is 45.1. The van der Waals surface area contributed by atoms with Crippen LogP contribution in [0.2, 0.25) is 0 Å². The van der Waals surface area contributed by atoms with Crippen molar-refractivity contribution in [2.75, 3.05) is 53.1 Å². The number of carbonyl (C=O) groups is 6. The first-order chi connectivity index (χ1) is 39.8.